The lowest BCUT2D eigenvalue weighted by atomic mass is 10.1. The second kappa shape index (κ2) is 12.3. The van der Waals surface area contributed by atoms with Gasteiger partial charge in [-0.2, -0.15) is 9.78 Å². The summed E-state index contributed by atoms with van der Waals surface area (Å²) in [4.78, 5) is 30.3. The zero-order valence-electron chi connectivity index (χ0n) is 20.3. The molecule has 0 bridgehead atoms. The number of halogens is 4. The van der Waals surface area contributed by atoms with Crippen molar-refractivity contribution in [3.63, 3.8) is 0 Å². The molecule has 0 saturated heterocycles. The van der Waals surface area contributed by atoms with Gasteiger partial charge < -0.3 is 10.1 Å². The van der Waals surface area contributed by atoms with Gasteiger partial charge in [0.15, 0.2) is 6.61 Å². The molecule has 4 aromatic rings. The first kappa shape index (κ1) is 28.1. The van der Waals surface area contributed by atoms with Crippen LogP contribution in [0.15, 0.2) is 77.9 Å². The topological polar surface area (TPSA) is 85.6 Å². The fourth-order valence-corrected chi connectivity index (χ4v) is 5.41. The van der Waals surface area contributed by atoms with Gasteiger partial charge in [-0.1, -0.05) is 35.8 Å². The summed E-state index contributed by atoms with van der Waals surface area (Å²) in [5, 5.41) is 7.54. The summed E-state index contributed by atoms with van der Waals surface area (Å²) in [6, 6.07) is 14.5. The summed E-state index contributed by atoms with van der Waals surface area (Å²) >= 11 is 10.4. The number of benzene rings is 3. The number of anilines is 1. The van der Waals surface area contributed by atoms with Crippen LogP contribution < -0.4 is 15.6 Å². The first-order chi connectivity index (χ1) is 18.2. The van der Waals surface area contributed by atoms with Crippen molar-refractivity contribution in [1.82, 2.24) is 9.66 Å². The lowest BCUT2D eigenvalue weighted by molar-refractivity contribution is -0.118. The monoisotopic (exact) mass is 706 g/mol. The van der Waals surface area contributed by atoms with Crippen LogP contribution in [0.4, 0.5) is 10.1 Å². The molecule has 0 aliphatic rings. The molecule has 38 heavy (non-hydrogen) atoms. The Kier molecular flexibility index (Phi) is 9.11. The third-order valence-electron chi connectivity index (χ3n) is 5.69. The number of carbonyl (C=O) groups excluding carboxylic acids is 1. The van der Waals surface area contributed by atoms with Crippen LogP contribution in [0.1, 0.15) is 37.6 Å². The van der Waals surface area contributed by atoms with Crippen LogP contribution in [0.2, 0.25) is 0 Å². The maximum absolute atomic E-state index is 13.3. The Labute approximate surface area is 243 Å². The van der Waals surface area contributed by atoms with Crippen molar-refractivity contribution in [2.24, 2.45) is 5.10 Å². The van der Waals surface area contributed by atoms with Gasteiger partial charge in [-0.15, -0.1) is 0 Å². The molecule has 0 spiro atoms. The highest BCUT2D eigenvalue weighted by Crippen LogP contribution is 2.34. The molecule has 1 aromatic heterocycles. The molecule has 0 aliphatic carbocycles. The summed E-state index contributed by atoms with van der Waals surface area (Å²) in [5.74, 6) is 0.114. The molecule has 1 atom stereocenters. The van der Waals surface area contributed by atoms with Crippen molar-refractivity contribution in [1.29, 1.82) is 0 Å². The normalized spacial score (nSPS) is 12.2. The first-order valence-corrected chi connectivity index (χ1v) is 14.0. The number of nitrogens with zero attached hydrogens (tertiary/aromatic N) is 3. The molecule has 0 saturated carbocycles. The Morgan fingerprint density at radius 3 is 2.58 bits per heavy atom. The van der Waals surface area contributed by atoms with Crippen LogP contribution in [-0.4, -0.2) is 28.4 Å². The minimum absolute atomic E-state index is 0.0145. The summed E-state index contributed by atoms with van der Waals surface area (Å²) in [7, 11) is 0. The highest BCUT2D eigenvalue weighted by atomic mass is 79.9. The molecule has 7 nitrogen and oxygen atoms in total. The third kappa shape index (κ3) is 6.57. The largest absolute Gasteiger partial charge is 0.481 e. The maximum atomic E-state index is 13.3. The van der Waals surface area contributed by atoms with E-state index in [0.29, 0.717) is 42.7 Å². The Morgan fingerprint density at radius 2 is 1.89 bits per heavy atom. The van der Waals surface area contributed by atoms with Crippen LogP contribution in [-0.2, 0) is 4.79 Å². The molecule has 11 heteroatoms. The molecular formula is C27H22Br3FN4O3. The summed E-state index contributed by atoms with van der Waals surface area (Å²) in [6.07, 6.45) is 2.36. The molecular weight excluding hydrogens is 687 g/mol. The molecule has 196 valence electrons. The molecule has 3 aromatic carbocycles. The van der Waals surface area contributed by atoms with Crippen LogP contribution in [0.3, 0.4) is 0 Å². The zero-order chi connectivity index (χ0) is 27.4. The fourth-order valence-electron chi connectivity index (χ4n) is 3.60. The lowest BCUT2D eigenvalue weighted by Crippen LogP contribution is -2.23. The van der Waals surface area contributed by atoms with Crippen LogP contribution >= 0.6 is 47.8 Å². The number of rotatable bonds is 8. The van der Waals surface area contributed by atoms with E-state index in [1.165, 1.54) is 22.9 Å². The van der Waals surface area contributed by atoms with E-state index < -0.39 is 11.7 Å². The average Bonchev–Trinajstić information content (AvgIpc) is 2.87. The van der Waals surface area contributed by atoms with Crippen LogP contribution in [0.5, 0.6) is 5.75 Å². The number of aromatic nitrogens is 2. The number of hydrogen-bond acceptors (Lipinski definition) is 5. The molecule has 1 heterocycles. The van der Waals surface area contributed by atoms with E-state index in [0.717, 1.165) is 10.9 Å². The molecule has 1 N–H and O–H groups in total. The van der Waals surface area contributed by atoms with Gasteiger partial charge in [-0.25, -0.2) is 9.37 Å². The highest BCUT2D eigenvalue weighted by Gasteiger charge is 2.16. The number of nitrogens with one attached hydrogen (secondary N) is 1. The van der Waals surface area contributed by atoms with Crippen LogP contribution in [0, 0.1) is 5.82 Å². The van der Waals surface area contributed by atoms with E-state index in [1.54, 1.807) is 30.5 Å². The van der Waals surface area contributed by atoms with E-state index in [1.807, 2.05) is 26.0 Å². The average molecular weight is 709 g/mol. The summed E-state index contributed by atoms with van der Waals surface area (Å²) in [6.45, 7) is 3.75. The molecule has 1 amide bonds. The minimum atomic E-state index is -0.447. The van der Waals surface area contributed by atoms with Gasteiger partial charge in [0, 0.05) is 16.1 Å². The minimum Gasteiger partial charge on any atom is -0.481 e. The van der Waals surface area contributed by atoms with Gasteiger partial charge >= 0.3 is 0 Å². The highest BCUT2D eigenvalue weighted by molar-refractivity contribution is 9.11. The molecule has 0 unspecified atom stereocenters. The van der Waals surface area contributed by atoms with Gasteiger partial charge in [0.05, 0.1) is 26.1 Å². The van der Waals surface area contributed by atoms with Gasteiger partial charge in [0.25, 0.3) is 11.5 Å². The number of carbonyl (C=O) groups is 1. The van der Waals surface area contributed by atoms with Gasteiger partial charge in [0.1, 0.15) is 17.4 Å². The lowest BCUT2D eigenvalue weighted by Gasteiger charge is -2.14. The van der Waals surface area contributed by atoms with Gasteiger partial charge in [-0.3, -0.25) is 9.59 Å². The molecule has 0 aliphatic heterocycles. The van der Waals surface area contributed by atoms with Crippen molar-refractivity contribution in [3.8, 4) is 5.75 Å². The SMILES string of the molecule is CC[C@H](C)c1nc2ccc(Br)cc2c(=O)n1N=Cc1cc(Br)c(OCC(=O)Nc2cccc(F)c2)c(Br)c1. The smallest absolute Gasteiger partial charge is 0.282 e. The Balaban J connectivity index is 1.57. The second-order valence-electron chi connectivity index (χ2n) is 8.46. The quantitative estimate of drug-likeness (QED) is 0.196. The van der Waals surface area contributed by atoms with E-state index in [-0.39, 0.29) is 18.1 Å². The second-order valence-corrected chi connectivity index (χ2v) is 11.1. The van der Waals surface area contributed by atoms with E-state index in [2.05, 4.69) is 58.2 Å². The third-order valence-corrected chi connectivity index (χ3v) is 7.36. The van der Waals surface area contributed by atoms with Crippen molar-refractivity contribution < 1.29 is 13.9 Å². The van der Waals surface area contributed by atoms with E-state index >= 15 is 0 Å². The zero-order valence-corrected chi connectivity index (χ0v) is 25.1. The number of ether oxygens (including phenoxy) is 1. The predicted molar refractivity (Wildman–Crippen MR) is 158 cm³/mol. The summed E-state index contributed by atoms with van der Waals surface area (Å²) < 4.78 is 22.3. The van der Waals surface area contributed by atoms with Crippen molar-refractivity contribution in [3.05, 3.63) is 95.6 Å². The molecule has 4 rings (SSSR count). The number of amides is 1. The standard InChI is InChI=1S/C27H22Br3FN4O3/c1-3-15(2)26-34-23-8-7-17(28)11-20(23)27(37)35(26)32-13-16-9-21(29)25(22(30)10-16)38-14-24(36)33-19-6-4-5-18(31)12-19/h4-13,15H,3,14H2,1-2H3,(H,33,36)/t15-/m0/s1. The fraction of sp³-hybridized carbons (Fsp3) is 0.185. The molecule has 0 fully saturated rings. The van der Waals surface area contributed by atoms with Gasteiger partial charge in [-0.05, 0) is 92.4 Å². The maximum Gasteiger partial charge on any atom is 0.282 e. The van der Waals surface area contributed by atoms with E-state index in [9.17, 15) is 14.0 Å². The van der Waals surface area contributed by atoms with Gasteiger partial charge in [0.2, 0.25) is 0 Å². The first-order valence-electron chi connectivity index (χ1n) is 11.6. The Morgan fingerprint density at radius 1 is 1.16 bits per heavy atom. The van der Waals surface area contributed by atoms with Crippen LogP contribution in [0.25, 0.3) is 10.9 Å². The number of fused-ring (bicyclic) bond motifs is 1. The summed E-state index contributed by atoms with van der Waals surface area (Å²) in [5.41, 5.74) is 1.38. The number of hydrogen-bond donors (Lipinski definition) is 1. The van der Waals surface area contributed by atoms with Crippen molar-refractivity contribution >= 4 is 76.5 Å². The Hall–Kier alpha value is -2.89. The van der Waals surface area contributed by atoms with Crippen molar-refractivity contribution in [2.75, 3.05) is 11.9 Å². The Bertz CT molecular complexity index is 1580. The molecule has 0 radical (unpaired) electrons. The predicted octanol–water partition coefficient (Wildman–Crippen LogP) is 7.24. The van der Waals surface area contributed by atoms with Crippen molar-refractivity contribution in [2.45, 2.75) is 26.2 Å². The van der Waals surface area contributed by atoms with E-state index in [4.69, 9.17) is 9.72 Å².